The van der Waals surface area contributed by atoms with Crippen LogP contribution in [0.4, 0.5) is 35.0 Å². The van der Waals surface area contributed by atoms with Gasteiger partial charge in [0, 0.05) is 50.2 Å². The molecular formula is C24H29F3N4O2. The van der Waals surface area contributed by atoms with Crippen LogP contribution in [0.2, 0.25) is 0 Å². The highest BCUT2D eigenvalue weighted by Gasteiger charge is 2.33. The Kier molecular flexibility index (Phi) is 7.50. The van der Waals surface area contributed by atoms with E-state index in [-0.39, 0.29) is 17.5 Å². The first-order valence-electron chi connectivity index (χ1n) is 10.9. The molecule has 9 heteroatoms. The number of nitrogens with zero attached hydrogens (tertiary/aromatic N) is 2. The van der Waals surface area contributed by atoms with E-state index >= 15 is 0 Å². The summed E-state index contributed by atoms with van der Waals surface area (Å²) >= 11 is 0. The van der Waals surface area contributed by atoms with E-state index in [1.807, 2.05) is 43.0 Å². The second-order valence-electron chi connectivity index (χ2n) is 8.43. The molecule has 0 saturated heterocycles. The minimum Gasteiger partial charge on any atom is -0.377 e. The third-order valence-electron chi connectivity index (χ3n) is 5.38. The zero-order chi connectivity index (χ0) is 24.2. The van der Waals surface area contributed by atoms with Crippen LogP contribution in [-0.4, -0.2) is 37.5 Å². The number of urea groups is 1. The summed E-state index contributed by atoms with van der Waals surface area (Å²) in [6, 6.07) is 9.11. The first kappa shape index (κ1) is 24.4. The van der Waals surface area contributed by atoms with Crippen molar-refractivity contribution in [3.05, 3.63) is 53.6 Å². The van der Waals surface area contributed by atoms with Crippen molar-refractivity contribution in [1.82, 2.24) is 4.90 Å². The van der Waals surface area contributed by atoms with Crippen LogP contribution in [0.1, 0.15) is 37.3 Å². The zero-order valence-corrected chi connectivity index (χ0v) is 19.0. The summed E-state index contributed by atoms with van der Waals surface area (Å²) in [5.74, 6) is 0.287. The predicted octanol–water partition coefficient (Wildman–Crippen LogP) is 5.56. The van der Waals surface area contributed by atoms with Gasteiger partial charge < -0.3 is 20.4 Å². The fourth-order valence-corrected chi connectivity index (χ4v) is 3.59. The summed E-state index contributed by atoms with van der Waals surface area (Å²) < 4.78 is 38.1. The molecule has 1 aliphatic rings. The Hall–Kier alpha value is -3.23. The normalized spacial score (nSPS) is 13.4. The highest BCUT2D eigenvalue weighted by molar-refractivity contribution is 6.00. The molecule has 0 unspecified atom stereocenters. The van der Waals surface area contributed by atoms with Crippen molar-refractivity contribution in [2.24, 2.45) is 5.92 Å². The number of hydrogen-bond donors (Lipinski definition) is 2. The van der Waals surface area contributed by atoms with Crippen LogP contribution >= 0.6 is 0 Å². The first-order valence-corrected chi connectivity index (χ1v) is 10.9. The number of alkyl halides is 3. The van der Waals surface area contributed by atoms with Gasteiger partial charge in [-0.05, 0) is 67.3 Å². The van der Waals surface area contributed by atoms with E-state index in [1.165, 1.54) is 12.1 Å². The highest BCUT2D eigenvalue weighted by Crippen LogP contribution is 2.33. The third-order valence-corrected chi connectivity index (χ3v) is 5.38. The van der Waals surface area contributed by atoms with Gasteiger partial charge >= 0.3 is 12.2 Å². The molecule has 0 bridgehead atoms. The molecule has 6 nitrogen and oxygen atoms in total. The van der Waals surface area contributed by atoms with Gasteiger partial charge in [0.2, 0.25) is 5.91 Å². The number of anilines is 3. The molecule has 1 saturated carbocycles. The van der Waals surface area contributed by atoms with Gasteiger partial charge in [-0.1, -0.05) is 6.92 Å². The Bertz CT molecular complexity index is 986. The molecule has 2 aromatic rings. The molecular weight excluding hydrogens is 433 g/mol. The minimum atomic E-state index is -4.43. The van der Waals surface area contributed by atoms with Crippen molar-refractivity contribution in [2.75, 3.05) is 36.2 Å². The molecule has 1 aliphatic carbocycles. The number of rotatable bonds is 8. The Balaban J connectivity index is 1.72. The van der Waals surface area contributed by atoms with Gasteiger partial charge in [0.05, 0.1) is 5.56 Å². The molecule has 33 heavy (non-hydrogen) atoms. The van der Waals surface area contributed by atoms with Gasteiger partial charge in [0.25, 0.3) is 0 Å². The lowest BCUT2D eigenvalue weighted by atomic mass is 10.1. The number of carbonyl (C=O) groups is 2. The first-order chi connectivity index (χ1) is 15.6. The molecule has 3 rings (SSSR count). The SMILES string of the molecule is CCCN(Cc1cc(NC(=O)Nc2ccc(C(F)(F)F)cc2)ccc1N(C)C)C(=O)C1CC1. The average Bonchev–Trinajstić information content (AvgIpc) is 3.58. The summed E-state index contributed by atoms with van der Waals surface area (Å²) in [5, 5.41) is 5.25. The topological polar surface area (TPSA) is 64.7 Å². The largest absolute Gasteiger partial charge is 0.416 e. The minimum absolute atomic E-state index is 0.121. The molecule has 0 atom stereocenters. The van der Waals surface area contributed by atoms with Gasteiger partial charge in [0.1, 0.15) is 0 Å². The van der Waals surface area contributed by atoms with Gasteiger partial charge in [-0.25, -0.2) is 4.79 Å². The number of carbonyl (C=O) groups excluding carboxylic acids is 2. The van der Waals surface area contributed by atoms with E-state index in [9.17, 15) is 22.8 Å². The molecule has 1 fully saturated rings. The molecule has 0 radical (unpaired) electrons. The van der Waals surface area contributed by atoms with Crippen molar-refractivity contribution >= 4 is 29.0 Å². The second-order valence-corrected chi connectivity index (χ2v) is 8.43. The summed E-state index contributed by atoms with van der Waals surface area (Å²) in [4.78, 5) is 28.9. The fourth-order valence-electron chi connectivity index (χ4n) is 3.59. The van der Waals surface area contributed by atoms with Crippen LogP contribution in [0.25, 0.3) is 0 Å². The van der Waals surface area contributed by atoms with E-state index in [2.05, 4.69) is 10.6 Å². The Labute approximate surface area is 191 Å². The predicted molar refractivity (Wildman–Crippen MR) is 123 cm³/mol. The molecule has 0 spiro atoms. The van der Waals surface area contributed by atoms with Gasteiger partial charge in [0.15, 0.2) is 0 Å². The lowest BCUT2D eigenvalue weighted by Gasteiger charge is -2.26. The second kappa shape index (κ2) is 10.1. The zero-order valence-electron chi connectivity index (χ0n) is 19.0. The summed E-state index contributed by atoms with van der Waals surface area (Å²) in [6.45, 7) is 3.13. The van der Waals surface area contributed by atoms with Crippen LogP contribution < -0.4 is 15.5 Å². The van der Waals surface area contributed by atoms with Crippen LogP contribution in [-0.2, 0) is 17.5 Å². The Morgan fingerprint density at radius 1 is 1.00 bits per heavy atom. The molecule has 2 aromatic carbocycles. The monoisotopic (exact) mass is 462 g/mol. The van der Waals surface area contributed by atoms with Gasteiger partial charge in [-0.15, -0.1) is 0 Å². The molecule has 0 aliphatic heterocycles. The third kappa shape index (κ3) is 6.63. The molecule has 0 heterocycles. The van der Waals surface area contributed by atoms with Crippen LogP contribution in [0.5, 0.6) is 0 Å². The molecule has 178 valence electrons. The summed E-state index contributed by atoms with van der Waals surface area (Å²) in [6.07, 6.45) is -1.71. The van der Waals surface area contributed by atoms with Gasteiger partial charge in [-0.2, -0.15) is 13.2 Å². The number of benzene rings is 2. The number of halogens is 3. The smallest absolute Gasteiger partial charge is 0.377 e. The maximum Gasteiger partial charge on any atom is 0.416 e. The van der Waals surface area contributed by atoms with Crippen molar-refractivity contribution in [3.8, 4) is 0 Å². The van der Waals surface area contributed by atoms with Crippen LogP contribution in [0.3, 0.4) is 0 Å². The summed E-state index contributed by atoms with van der Waals surface area (Å²) in [5.41, 5.74) is 1.82. The number of amides is 3. The highest BCUT2D eigenvalue weighted by atomic mass is 19.4. The average molecular weight is 463 g/mol. The van der Waals surface area contributed by atoms with Crippen LogP contribution in [0.15, 0.2) is 42.5 Å². The Morgan fingerprint density at radius 2 is 1.61 bits per heavy atom. The van der Waals surface area contributed by atoms with Gasteiger partial charge in [-0.3, -0.25) is 4.79 Å². The number of hydrogen-bond acceptors (Lipinski definition) is 3. The maximum absolute atomic E-state index is 12.7. The fraction of sp³-hybridized carbons (Fsp3) is 0.417. The van der Waals surface area contributed by atoms with E-state index in [0.717, 1.165) is 42.6 Å². The molecule has 2 N–H and O–H groups in total. The molecule has 0 aromatic heterocycles. The van der Waals surface area contributed by atoms with E-state index in [4.69, 9.17) is 0 Å². The van der Waals surface area contributed by atoms with Crippen molar-refractivity contribution in [1.29, 1.82) is 0 Å². The summed E-state index contributed by atoms with van der Waals surface area (Å²) in [7, 11) is 3.83. The van der Waals surface area contributed by atoms with E-state index in [0.29, 0.717) is 18.8 Å². The lowest BCUT2D eigenvalue weighted by Crippen LogP contribution is -2.33. The maximum atomic E-state index is 12.7. The van der Waals surface area contributed by atoms with E-state index < -0.39 is 17.8 Å². The standard InChI is InChI=1S/C24H29F3N4O2/c1-4-13-31(22(32)16-5-6-16)15-17-14-20(11-12-21(17)30(2)3)29-23(33)28-19-9-7-18(8-10-19)24(25,26)27/h7-12,14,16H,4-6,13,15H2,1-3H3,(H2,28,29,33). The lowest BCUT2D eigenvalue weighted by molar-refractivity contribution is -0.137. The van der Waals surface area contributed by atoms with Crippen molar-refractivity contribution < 1.29 is 22.8 Å². The quantitative estimate of drug-likeness (QED) is 0.540. The molecule has 3 amide bonds. The van der Waals surface area contributed by atoms with E-state index in [1.54, 1.807) is 6.07 Å². The van der Waals surface area contributed by atoms with Crippen molar-refractivity contribution in [3.63, 3.8) is 0 Å². The van der Waals surface area contributed by atoms with Crippen LogP contribution in [0, 0.1) is 5.92 Å². The van der Waals surface area contributed by atoms with Crippen molar-refractivity contribution in [2.45, 2.75) is 38.9 Å². The number of nitrogens with one attached hydrogen (secondary N) is 2. The Morgan fingerprint density at radius 3 is 2.15 bits per heavy atom.